The molecule has 5 heterocycles. The smallest absolute Gasteiger partial charge is 0.264 e. The Labute approximate surface area is 252 Å². The van der Waals surface area contributed by atoms with E-state index in [4.69, 9.17) is 18.9 Å². The van der Waals surface area contributed by atoms with Crippen molar-refractivity contribution < 1.29 is 43.5 Å². The van der Waals surface area contributed by atoms with Gasteiger partial charge in [0.05, 0.1) is 36.9 Å². The Kier molecular flexibility index (Phi) is 8.51. The third kappa shape index (κ3) is 5.50. The highest BCUT2D eigenvalue weighted by Gasteiger charge is 2.66. The van der Waals surface area contributed by atoms with Crippen LogP contribution in [0, 0.1) is 17.8 Å². The fraction of sp³-hybridized carbons (Fsp3) is 0.656. The number of hydrogen-bond donors (Lipinski definition) is 3. The maximum atomic E-state index is 13.6. The fourth-order valence-corrected chi connectivity index (χ4v) is 6.82. The second-order valence-electron chi connectivity index (χ2n) is 12.7. The number of epoxide rings is 1. The number of aliphatic hydroxyl groups excluding tert-OH is 2. The van der Waals surface area contributed by atoms with Crippen molar-refractivity contribution in [2.75, 3.05) is 13.7 Å². The molecule has 11 atom stereocenters. The van der Waals surface area contributed by atoms with E-state index in [1.54, 1.807) is 19.9 Å². The summed E-state index contributed by atoms with van der Waals surface area (Å²) in [6, 6.07) is -1.15. The van der Waals surface area contributed by atoms with Gasteiger partial charge in [-0.25, -0.2) is 0 Å². The van der Waals surface area contributed by atoms with E-state index in [2.05, 4.69) is 31.3 Å². The van der Waals surface area contributed by atoms with Gasteiger partial charge in [0, 0.05) is 18.9 Å². The number of aliphatic hydroxyl groups is 2. The van der Waals surface area contributed by atoms with Gasteiger partial charge in [0.25, 0.3) is 5.91 Å². The number of ether oxygens (including phenoxy) is 4. The minimum absolute atomic E-state index is 0.0220. The van der Waals surface area contributed by atoms with Crippen LogP contribution in [0.2, 0.25) is 0 Å². The van der Waals surface area contributed by atoms with Crippen LogP contribution in [0.5, 0.6) is 0 Å². The van der Waals surface area contributed by atoms with Crippen LogP contribution in [-0.4, -0.2) is 94.4 Å². The first-order valence-corrected chi connectivity index (χ1v) is 15.1. The zero-order valence-electron chi connectivity index (χ0n) is 25.9. The van der Waals surface area contributed by atoms with Gasteiger partial charge in [-0.3, -0.25) is 14.4 Å². The molecular weight excluding hydrogens is 556 g/mol. The zero-order chi connectivity index (χ0) is 31.4. The summed E-state index contributed by atoms with van der Waals surface area (Å²) in [5.41, 5.74) is -0.127. The van der Waals surface area contributed by atoms with Gasteiger partial charge in [0.1, 0.15) is 23.6 Å². The Balaban J connectivity index is 1.36. The predicted molar refractivity (Wildman–Crippen MR) is 155 cm³/mol. The zero-order valence-corrected chi connectivity index (χ0v) is 25.9. The van der Waals surface area contributed by atoms with Crippen molar-refractivity contribution in [1.29, 1.82) is 0 Å². The highest BCUT2D eigenvalue weighted by Crippen LogP contribution is 2.52. The lowest BCUT2D eigenvalue weighted by atomic mass is 9.82. The first-order valence-electron chi connectivity index (χ1n) is 15.1. The van der Waals surface area contributed by atoms with Crippen molar-refractivity contribution in [3.63, 3.8) is 0 Å². The minimum atomic E-state index is -1.15. The maximum absolute atomic E-state index is 13.6. The van der Waals surface area contributed by atoms with E-state index in [0.29, 0.717) is 19.4 Å². The summed E-state index contributed by atoms with van der Waals surface area (Å²) in [5.74, 6) is -3.93. The first-order chi connectivity index (χ1) is 20.2. The van der Waals surface area contributed by atoms with E-state index in [0.717, 1.165) is 5.57 Å². The number of carbonyl (C=O) groups is 3. The van der Waals surface area contributed by atoms with Crippen LogP contribution >= 0.6 is 0 Å². The van der Waals surface area contributed by atoms with E-state index in [1.165, 1.54) is 18.0 Å². The lowest BCUT2D eigenvalue weighted by molar-refractivity contribution is -0.346. The lowest BCUT2D eigenvalue weighted by Crippen LogP contribution is -2.61. The summed E-state index contributed by atoms with van der Waals surface area (Å²) in [5, 5.41) is 23.7. The first kappa shape index (κ1) is 31.6. The molecule has 3 N–H and O–H groups in total. The molecule has 0 aliphatic carbocycles. The number of allylic oxidation sites excluding steroid dienone is 3. The normalized spacial score (nSPS) is 42.0. The number of ketones is 1. The highest BCUT2D eigenvalue weighted by molar-refractivity contribution is 6.27. The summed E-state index contributed by atoms with van der Waals surface area (Å²) in [6.07, 6.45) is 7.46. The molecule has 2 bridgehead atoms. The van der Waals surface area contributed by atoms with Crippen LogP contribution in [0.3, 0.4) is 0 Å². The molecule has 4 saturated heterocycles. The molecule has 236 valence electrons. The van der Waals surface area contributed by atoms with Crippen LogP contribution in [0.15, 0.2) is 47.3 Å². The van der Waals surface area contributed by atoms with Crippen LogP contribution in [-0.2, 0) is 33.3 Å². The predicted octanol–water partition coefficient (Wildman–Crippen LogP) is 2.46. The molecule has 11 heteroatoms. The average Bonchev–Trinajstić information content (AvgIpc) is 3.71. The number of hydrogen-bond acceptors (Lipinski definition) is 9. The van der Waals surface area contributed by atoms with Gasteiger partial charge < -0.3 is 39.4 Å². The Hall–Kier alpha value is -2.83. The largest absolute Gasteiger partial charge is 0.507 e. The van der Waals surface area contributed by atoms with Crippen LogP contribution in [0.25, 0.3) is 0 Å². The van der Waals surface area contributed by atoms with E-state index in [1.807, 2.05) is 19.9 Å². The molecule has 5 aliphatic rings. The van der Waals surface area contributed by atoms with Crippen molar-refractivity contribution in [1.82, 2.24) is 10.2 Å². The fourth-order valence-electron chi connectivity index (χ4n) is 6.82. The Morgan fingerprint density at radius 3 is 2.51 bits per heavy atom. The number of amides is 2. The van der Waals surface area contributed by atoms with E-state index in [-0.39, 0.29) is 29.6 Å². The van der Waals surface area contributed by atoms with Crippen molar-refractivity contribution in [2.24, 2.45) is 17.8 Å². The average molecular weight is 601 g/mol. The SMILES string of the molecule is CNC(=O)[C@@H](C)[C@H]1C(=O)\C(=C(O)/C=C/C(C)=C/[C@@H](C)[C@H]2O[C@@]3(C)O[C@H](C=C[C@@]34CO4)[C@@H]2C)C(=O)N1[C@@H]1CC[C@H](O)[C@H](C)O1. The van der Waals surface area contributed by atoms with Gasteiger partial charge in [-0.15, -0.1) is 0 Å². The summed E-state index contributed by atoms with van der Waals surface area (Å²) >= 11 is 0. The molecule has 0 radical (unpaired) electrons. The quantitative estimate of drug-likeness (QED) is 0.100. The third-order valence-corrected chi connectivity index (χ3v) is 9.67. The molecule has 0 aromatic rings. The topological polar surface area (TPSA) is 147 Å². The van der Waals surface area contributed by atoms with Crippen molar-refractivity contribution in [2.45, 2.75) is 102 Å². The molecule has 0 saturated carbocycles. The molecule has 5 rings (SSSR count). The standard InChI is InChI=1S/C32H44N2O9/c1-16(14-17(2)28-18(3)23-12-13-32(15-40-32)31(6,42-23)43-28)8-9-22(36)25-27(37)26(19(4)29(38)33-7)34(30(25)39)24-11-10-21(35)20(5)41-24/h8-9,12-14,17-21,23-24,26,28,35-36H,10-11,15H2,1-7H3,(H,33,38)/b9-8+,16-14+,25-22-/t17-,18+,19+,20+,21+,23-,24+,26+,28-,31-,32-/m1/s1. The minimum Gasteiger partial charge on any atom is -0.507 e. The molecule has 2 amide bonds. The molecular formula is C32H44N2O9. The highest BCUT2D eigenvalue weighted by atomic mass is 16.8. The Bertz CT molecular complexity index is 1280. The van der Waals surface area contributed by atoms with E-state index < -0.39 is 65.1 Å². The molecule has 0 aromatic heterocycles. The monoisotopic (exact) mass is 600 g/mol. The van der Waals surface area contributed by atoms with E-state index in [9.17, 15) is 24.6 Å². The van der Waals surface area contributed by atoms with E-state index >= 15 is 0 Å². The number of nitrogens with one attached hydrogen (secondary N) is 1. The van der Waals surface area contributed by atoms with Gasteiger partial charge in [0.2, 0.25) is 11.7 Å². The van der Waals surface area contributed by atoms with Gasteiger partial charge >= 0.3 is 0 Å². The third-order valence-electron chi connectivity index (χ3n) is 9.67. The molecule has 43 heavy (non-hydrogen) atoms. The number of likely N-dealkylation sites (tertiary alicyclic amines) is 1. The number of carbonyl (C=O) groups excluding carboxylic acids is 3. The summed E-state index contributed by atoms with van der Waals surface area (Å²) < 4.78 is 24.3. The van der Waals surface area contributed by atoms with Crippen molar-refractivity contribution in [3.8, 4) is 0 Å². The van der Waals surface area contributed by atoms with Gasteiger partial charge in [-0.1, -0.05) is 44.6 Å². The van der Waals surface area contributed by atoms with Crippen molar-refractivity contribution >= 4 is 17.6 Å². The number of nitrogens with zero attached hydrogens (tertiary/aromatic N) is 1. The Morgan fingerprint density at radius 1 is 1.19 bits per heavy atom. The van der Waals surface area contributed by atoms with Gasteiger partial charge in [0.15, 0.2) is 11.4 Å². The number of rotatable bonds is 7. The second-order valence-corrected chi connectivity index (χ2v) is 12.7. The molecule has 1 spiro atoms. The molecule has 4 fully saturated rings. The van der Waals surface area contributed by atoms with Crippen LogP contribution < -0.4 is 5.32 Å². The number of fused-ring (bicyclic) bond motifs is 3. The lowest BCUT2D eigenvalue weighted by Gasteiger charge is -2.51. The Morgan fingerprint density at radius 2 is 1.88 bits per heavy atom. The van der Waals surface area contributed by atoms with Crippen LogP contribution in [0.1, 0.15) is 54.4 Å². The van der Waals surface area contributed by atoms with Gasteiger partial charge in [-0.05, 0) is 45.8 Å². The number of Topliss-reactive ketones (excluding diaryl/α,β-unsaturated/α-hetero) is 1. The molecule has 0 aromatic carbocycles. The summed E-state index contributed by atoms with van der Waals surface area (Å²) in [4.78, 5) is 41.1. The van der Waals surface area contributed by atoms with Gasteiger partial charge in [-0.2, -0.15) is 0 Å². The second kappa shape index (κ2) is 11.6. The summed E-state index contributed by atoms with van der Waals surface area (Å²) in [7, 11) is 1.46. The molecule has 0 unspecified atom stereocenters. The van der Waals surface area contributed by atoms with Crippen molar-refractivity contribution in [3.05, 3.63) is 47.3 Å². The van der Waals surface area contributed by atoms with Crippen LogP contribution in [0.4, 0.5) is 0 Å². The molecule has 5 aliphatic heterocycles. The molecule has 11 nitrogen and oxygen atoms in total. The maximum Gasteiger partial charge on any atom is 0.264 e. The summed E-state index contributed by atoms with van der Waals surface area (Å²) in [6.45, 7) is 11.7.